The largest absolute Gasteiger partial charge is 0.458 e. The Morgan fingerprint density at radius 2 is 2.11 bits per heavy atom. The lowest BCUT2D eigenvalue weighted by molar-refractivity contribution is 0.484. The molecule has 1 heterocycles. The van der Waals surface area contributed by atoms with Gasteiger partial charge >= 0.3 is 0 Å². The van der Waals surface area contributed by atoms with E-state index in [2.05, 4.69) is 42.0 Å². The molecule has 1 N–H and O–H groups in total. The van der Waals surface area contributed by atoms with Gasteiger partial charge in [0, 0.05) is 21.5 Å². The normalized spacial score (nSPS) is 11.7. The summed E-state index contributed by atoms with van der Waals surface area (Å²) in [5.41, 5.74) is 2.01. The molecule has 0 aliphatic rings. The van der Waals surface area contributed by atoms with Crippen LogP contribution in [0.5, 0.6) is 0 Å². The van der Waals surface area contributed by atoms with E-state index in [1.54, 1.807) is 0 Å². The number of hydrogen-bond acceptors (Lipinski definition) is 2. The first-order chi connectivity index (χ1) is 8.54. The van der Waals surface area contributed by atoms with Crippen LogP contribution in [-0.4, -0.2) is 6.04 Å². The minimum Gasteiger partial charge on any atom is -0.458 e. The van der Waals surface area contributed by atoms with E-state index in [1.165, 1.54) is 5.56 Å². The third-order valence-electron chi connectivity index (χ3n) is 2.95. The predicted octanol–water partition coefficient (Wildman–Crippen LogP) is 4.91. The maximum Gasteiger partial charge on any atom is 0.154 e. The molecule has 1 aromatic carbocycles. The summed E-state index contributed by atoms with van der Waals surface area (Å²) in [5, 5.41) is 5.15. The van der Waals surface area contributed by atoms with Crippen LogP contribution in [0.3, 0.4) is 0 Å². The maximum absolute atomic E-state index is 6.20. The van der Waals surface area contributed by atoms with Crippen LogP contribution < -0.4 is 5.32 Å². The van der Waals surface area contributed by atoms with Gasteiger partial charge in [-0.3, -0.25) is 0 Å². The van der Waals surface area contributed by atoms with E-state index in [4.69, 9.17) is 16.0 Å². The molecule has 2 nitrogen and oxygen atoms in total. The maximum atomic E-state index is 6.20. The van der Waals surface area contributed by atoms with Gasteiger partial charge in [0.05, 0.1) is 11.6 Å². The Hall–Kier alpha value is -0.510. The van der Waals surface area contributed by atoms with Crippen molar-refractivity contribution in [1.82, 2.24) is 5.32 Å². The summed E-state index contributed by atoms with van der Waals surface area (Å²) in [6.07, 6.45) is 0.932. The molecule has 1 aromatic heterocycles. The van der Waals surface area contributed by atoms with E-state index < -0.39 is 0 Å². The predicted molar refractivity (Wildman–Crippen MR) is 80.3 cm³/mol. The van der Waals surface area contributed by atoms with Crippen LogP contribution in [0, 0.1) is 0 Å². The number of halogens is 2. The van der Waals surface area contributed by atoms with Crippen LogP contribution in [0.1, 0.15) is 32.1 Å². The van der Waals surface area contributed by atoms with E-state index >= 15 is 0 Å². The van der Waals surface area contributed by atoms with Crippen molar-refractivity contribution in [3.05, 3.63) is 33.0 Å². The van der Waals surface area contributed by atoms with Gasteiger partial charge in [0.1, 0.15) is 5.76 Å². The molecule has 0 bridgehead atoms. The molecule has 0 aliphatic heterocycles. The number of furan rings is 1. The number of nitrogens with one attached hydrogen (secondary N) is 1. The van der Waals surface area contributed by atoms with Crippen LogP contribution in [0.2, 0.25) is 5.02 Å². The molecular formula is C14H17BrClNO. The molecule has 98 valence electrons. The summed E-state index contributed by atoms with van der Waals surface area (Å²) in [7, 11) is 0. The number of aryl methyl sites for hydroxylation is 1. The molecule has 0 saturated carbocycles. The molecule has 2 aromatic rings. The van der Waals surface area contributed by atoms with Crippen LogP contribution in [0.4, 0.5) is 0 Å². The summed E-state index contributed by atoms with van der Waals surface area (Å²) in [5.74, 6) is 0.981. The van der Waals surface area contributed by atoms with Crippen LogP contribution >= 0.6 is 27.5 Å². The molecule has 0 aliphatic carbocycles. The number of rotatable bonds is 4. The fourth-order valence-electron chi connectivity index (χ4n) is 2.05. The van der Waals surface area contributed by atoms with Crippen molar-refractivity contribution in [1.29, 1.82) is 0 Å². The number of hydrogen-bond donors (Lipinski definition) is 1. The highest BCUT2D eigenvalue weighted by Gasteiger charge is 2.17. The molecule has 0 unspecified atom stereocenters. The second-order valence-electron chi connectivity index (χ2n) is 4.63. The molecule has 0 spiro atoms. The molecule has 0 fully saturated rings. The van der Waals surface area contributed by atoms with Crippen molar-refractivity contribution in [3.8, 4) is 0 Å². The summed E-state index contributed by atoms with van der Waals surface area (Å²) < 4.78 is 6.97. The van der Waals surface area contributed by atoms with Crippen LogP contribution in [0.15, 0.2) is 21.0 Å². The zero-order valence-electron chi connectivity index (χ0n) is 10.8. The Balaban J connectivity index is 2.54. The lowest BCUT2D eigenvalue weighted by Gasteiger charge is -2.06. The van der Waals surface area contributed by atoms with E-state index in [0.29, 0.717) is 11.1 Å². The summed E-state index contributed by atoms with van der Waals surface area (Å²) in [4.78, 5) is 0. The minimum absolute atomic E-state index is 0.432. The highest BCUT2D eigenvalue weighted by atomic mass is 79.9. The van der Waals surface area contributed by atoms with Crippen molar-refractivity contribution >= 4 is 38.5 Å². The van der Waals surface area contributed by atoms with Crippen LogP contribution in [0.25, 0.3) is 11.0 Å². The average molecular weight is 331 g/mol. The quantitative estimate of drug-likeness (QED) is 0.861. The monoisotopic (exact) mass is 329 g/mol. The van der Waals surface area contributed by atoms with Gasteiger partial charge in [0.15, 0.2) is 5.58 Å². The van der Waals surface area contributed by atoms with E-state index in [0.717, 1.165) is 34.2 Å². The molecule has 0 atom stereocenters. The average Bonchev–Trinajstić information content (AvgIpc) is 2.71. The van der Waals surface area contributed by atoms with Crippen molar-refractivity contribution in [3.63, 3.8) is 0 Å². The van der Waals surface area contributed by atoms with Gasteiger partial charge < -0.3 is 9.73 Å². The Kier molecular flexibility index (Phi) is 4.36. The van der Waals surface area contributed by atoms with Gasteiger partial charge in [-0.15, -0.1) is 0 Å². The van der Waals surface area contributed by atoms with Crippen molar-refractivity contribution in [2.75, 3.05) is 0 Å². The highest BCUT2D eigenvalue weighted by molar-refractivity contribution is 9.10. The van der Waals surface area contributed by atoms with Gasteiger partial charge in [-0.1, -0.05) is 48.3 Å². The van der Waals surface area contributed by atoms with Crippen molar-refractivity contribution in [2.45, 2.75) is 39.8 Å². The SMILES string of the molecule is CCc1c(CNC(C)C)oc2c(Cl)ccc(Br)c12. The first kappa shape index (κ1) is 13.9. The third kappa shape index (κ3) is 2.58. The van der Waals surface area contributed by atoms with Gasteiger partial charge in [0.25, 0.3) is 0 Å². The Morgan fingerprint density at radius 1 is 1.39 bits per heavy atom. The van der Waals surface area contributed by atoms with Gasteiger partial charge in [0.2, 0.25) is 0 Å². The zero-order valence-corrected chi connectivity index (χ0v) is 13.2. The Bertz CT molecular complexity index is 562. The summed E-state index contributed by atoms with van der Waals surface area (Å²) in [6, 6.07) is 4.26. The highest BCUT2D eigenvalue weighted by Crippen LogP contribution is 2.36. The van der Waals surface area contributed by atoms with E-state index in [9.17, 15) is 0 Å². The molecule has 2 rings (SSSR count). The second-order valence-corrected chi connectivity index (χ2v) is 5.89. The fourth-order valence-corrected chi connectivity index (χ4v) is 2.80. The number of benzene rings is 1. The van der Waals surface area contributed by atoms with Crippen molar-refractivity contribution in [2.24, 2.45) is 0 Å². The van der Waals surface area contributed by atoms with Gasteiger partial charge in [-0.05, 0) is 18.6 Å². The molecule has 4 heteroatoms. The van der Waals surface area contributed by atoms with E-state index in [-0.39, 0.29) is 0 Å². The smallest absolute Gasteiger partial charge is 0.154 e. The minimum atomic E-state index is 0.432. The van der Waals surface area contributed by atoms with Gasteiger partial charge in [-0.2, -0.15) is 0 Å². The standard InChI is InChI=1S/C14H17BrClNO/c1-4-9-12(7-17-8(2)3)18-14-11(16)6-5-10(15)13(9)14/h5-6,8,17H,4,7H2,1-3H3. The summed E-state index contributed by atoms with van der Waals surface area (Å²) >= 11 is 9.78. The molecule has 0 saturated heterocycles. The third-order valence-corrected chi connectivity index (χ3v) is 3.91. The lowest BCUT2D eigenvalue weighted by atomic mass is 10.1. The first-order valence-corrected chi connectivity index (χ1v) is 7.33. The lowest BCUT2D eigenvalue weighted by Crippen LogP contribution is -2.22. The Labute approximate surface area is 121 Å². The van der Waals surface area contributed by atoms with E-state index in [1.807, 2.05) is 12.1 Å². The second kappa shape index (κ2) is 5.64. The first-order valence-electron chi connectivity index (χ1n) is 6.16. The zero-order chi connectivity index (χ0) is 13.3. The van der Waals surface area contributed by atoms with Crippen molar-refractivity contribution < 1.29 is 4.42 Å². The Morgan fingerprint density at radius 3 is 2.72 bits per heavy atom. The van der Waals surface area contributed by atoms with Gasteiger partial charge in [-0.25, -0.2) is 0 Å². The molecule has 18 heavy (non-hydrogen) atoms. The molecular weight excluding hydrogens is 314 g/mol. The molecule has 0 radical (unpaired) electrons. The summed E-state index contributed by atoms with van der Waals surface area (Å²) in [6.45, 7) is 7.11. The van der Waals surface area contributed by atoms with Crippen LogP contribution in [-0.2, 0) is 13.0 Å². The molecule has 0 amide bonds. The number of fused-ring (bicyclic) bond motifs is 1. The topological polar surface area (TPSA) is 25.2 Å². The fraction of sp³-hybridized carbons (Fsp3) is 0.429.